The Morgan fingerprint density at radius 2 is 1.69 bits per heavy atom. The number of carbonyl (C=O) groups is 1. The summed E-state index contributed by atoms with van der Waals surface area (Å²) in [5.41, 5.74) is 5.21. The molecule has 1 amide bonds. The first-order valence-corrected chi connectivity index (χ1v) is 12.7. The van der Waals surface area contributed by atoms with E-state index in [-0.39, 0.29) is 4.90 Å². The highest BCUT2D eigenvalue weighted by molar-refractivity contribution is 7.92. The Labute approximate surface area is 209 Å². The molecular weight excluding hydrogens is 482 g/mol. The van der Waals surface area contributed by atoms with Crippen LogP contribution in [0.2, 0.25) is 5.02 Å². The molecule has 0 saturated carbocycles. The second-order valence-corrected chi connectivity index (χ2v) is 10.4. The summed E-state index contributed by atoms with van der Waals surface area (Å²) in [5.74, 6) is -0.577. The smallest absolute Gasteiger partial charge is 0.264 e. The van der Waals surface area contributed by atoms with Crippen LogP contribution in [0.15, 0.2) is 94.9 Å². The van der Waals surface area contributed by atoms with Gasteiger partial charge in [0.1, 0.15) is 6.54 Å². The maximum atomic E-state index is 13.5. The molecule has 1 N–H and O–H groups in total. The fourth-order valence-corrected chi connectivity index (χ4v) is 5.45. The van der Waals surface area contributed by atoms with Gasteiger partial charge in [-0.25, -0.2) is 13.8 Å². The number of nitrogens with one attached hydrogen (secondary N) is 1. The van der Waals surface area contributed by atoms with Gasteiger partial charge in [-0.3, -0.25) is 9.10 Å². The molecule has 0 radical (unpaired) electrons. The number of amides is 1. The van der Waals surface area contributed by atoms with Gasteiger partial charge in [-0.05, 0) is 60.5 Å². The second-order valence-electron chi connectivity index (χ2n) is 8.12. The number of nitrogens with zero attached hydrogens (tertiary/aromatic N) is 2. The summed E-state index contributed by atoms with van der Waals surface area (Å²) in [6, 6.07) is 25.0. The zero-order chi connectivity index (χ0) is 25.0. The molecule has 0 fully saturated rings. The maximum absolute atomic E-state index is 13.5. The Balaban J connectivity index is 1.61. The molecule has 4 aromatic rings. The Kier molecular flexibility index (Phi) is 7.19. The molecule has 0 atom stereocenters. The van der Waals surface area contributed by atoms with Crippen molar-refractivity contribution < 1.29 is 13.2 Å². The van der Waals surface area contributed by atoms with Crippen molar-refractivity contribution in [1.29, 1.82) is 0 Å². The summed E-state index contributed by atoms with van der Waals surface area (Å²) < 4.78 is 28.1. The van der Waals surface area contributed by atoms with E-state index < -0.39 is 22.5 Å². The van der Waals surface area contributed by atoms with E-state index in [1.54, 1.807) is 43.5 Å². The summed E-state index contributed by atoms with van der Waals surface area (Å²) in [4.78, 5) is 12.9. The highest BCUT2D eigenvalue weighted by atomic mass is 35.5. The van der Waals surface area contributed by atoms with Crippen LogP contribution in [0.5, 0.6) is 0 Å². The monoisotopic (exact) mass is 505 g/mol. The Morgan fingerprint density at radius 3 is 2.43 bits per heavy atom. The van der Waals surface area contributed by atoms with Gasteiger partial charge in [0.15, 0.2) is 0 Å². The Morgan fingerprint density at radius 1 is 0.971 bits per heavy atom. The minimum Gasteiger partial charge on any atom is -0.271 e. The number of sulfonamides is 1. The molecule has 0 unspecified atom stereocenters. The maximum Gasteiger partial charge on any atom is 0.264 e. The molecule has 0 aromatic heterocycles. The predicted molar refractivity (Wildman–Crippen MR) is 142 cm³/mol. The number of hydrogen-bond acceptors (Lipinski definition) is 4. The zero-order valence-corrected chi connectivity index (χ0v) is 20.8. The first kappa shape index (κ1) is 24.4. The number of halogens is 1. The summed E-state index contributed by atoms with van der Waals surface area (Å²) in [6.07, 6.45) is 1.55. The van der Waals surface area contributed by atoms with Crippen molar-refractivity contribution in [1.82, 2.24) is 5.43 Å². The lowest BCUT2D eigenvalue weighted by Crippen LogP contribution is -2.40. The van der Waals surface area contributed by atoms with Crippen molar-refractivity contribution >= 4 is 50.2 Å². The van der Waals surface area contributed by atoms with E-state index in [1.807, 2.05) is 49.4 Å². The third kappa shape index (κ3) is 5.53. The lowest BCUT2D eigenvalue weighted by Gasteiger charge is -2.25. The van der Waals surface area contributed by atoms with Crippen molar-refractivity contribution in [2.45, 2.75) is 18.7 Å². The third-order valence-corrected chi connectivity index (χ3v) is 7.55. The number of hydrogen-bond donors (Lipinski definition) is 1. The molecule has 0 heterocycles. The van der Waals surface area contributed by atoms with E-state index in [2.05, 4.69) is 10.5 Å². The van der Waals surface area contributed by atoms with Crippen LogP contribution in [0.1, 0.15) is 16.7 Å². The summed E-state index contributed by atoms with van der Waals surface area (Å²) >= 11 is 6.08. The van der Waals surface area contributed by atoms with E-state index in [0.29, 0.717) is 16.3 Å². The molecule has 0 aliphatic carbocycles. The Hall–Kier alpha value is -3.68. The fourth-order valence-electron chi connectivity index (χ4n) is 3.74. The number of anilines is 1. The number of benzene rings is 4. The lowest BCUT2D eigenvalue weighted by molar-refractivity contribution is -0.119. The van der Waals surface area contributed by atoms with Gasteiger partial charge in [-0.15, -0.1) is 0 Å². The normalized spacial score (nSPS) is 11.6. The molecule has 0 saturated heterocycles. The second kappa shape index (κ2) is 10.3. The molecule has 8 heteroatoms. The molecule has 0 bridgehead atoms. The van der Waals surface area contributed by atoms with E-state index in [0.717, 1.165) is 26.2 Å². The molecule has 35 heavy (non-hydrogen) atoms. The van der Waals surface area contributed by atoms with Crippen LogP contribution in [0, 0.1) is 13.8 Å². The zero-order valence-electron chi connectivity index (χ0n) is 19.3. The average molecular weight is 506 g/mol. The third-order valence-electron chi connectivity index (χ3n) is 5.54. The number of hydrazone groups is 1. The largest absolute Gasteiger partial charge is 0.271 e. The SMILES string of the molecule is Cc1ccc(S(=O)(=O)N(CC(=O)N/N=C/c2cccc3ccccc23)c2ccc(Cl)cc2C)cc1. The summed E-state index contributed by atoms with van der Waals surface area (Å²) in [7, 11) is -4.03. The van der Waals surface area contributed by atoms with Gasteiger partial charge in [-0.1, -0.05) is 71.8 Å². The van der Waals surface area contributed by atoms with E-state index in [4.69, 9.17) is 11.6 Å². The summed E-state index contributed by atoms with van der Waals surface area (Å²) in [6.45, 7) is 3.17. The van der Waals surface area contributed by atoms with Gasteiger partial charge >= 0.3 is 0 Å². The molecule has 4 aromatic carbocycles. The minimum absolute atomic E-state index is 0.0875. The van der Waals surface area contributed by atoms with Crippen LogP contribution < -0.4 is 9.73 Å². The number of carbonyl (C=O) groups excluding carboxylic acids is 1. The van der Waals surface area contributed by atoms with Crippen LogP contribution in [0.3, 0.4) is 0 Å². The van der Waals surface area contributed by atoms with Crippen molar-refractivity contribution in [2.24, 2.45) is 5.10 Å². The first-order valence-electron chi connectivity index (χ1n) is 10.9. The molecule has 4 rings (SSSR count). The number of fused-ring (bicyclic) bond motifs is 1. The van der Waals surface area contributed by atoms with Gasteiger partial charge in [0.05, 0.1) is 16.8 Å². The van der Waals surface area contributed by atoms with Crippen molar-refractivity contribution in [3.8, 4) is 0 Å². The predicted octanol–water partition coefficient (Wildman–Crippen LogP) is 5.46. The molecular formula is C27H24ClN3O3S. The van der Waals surface area contributed by atoms with Crippen molar-refractivity contribution in [3.05, 3.63) is 107 Å². The first-order chi connectivity index (χ1) is 16.8. The minimum atomic E-state index is -4.03. The van der Waals surface area contributed by atoms with Gasteiger partial charge in [0.2, 0.25) is 0 Å². The summed E-state index contributed by atoms with van der Waals surface area (Å²) in [5, 5.41) is 6.60. The lowest BCUT2D eigenvalue weighted by atomic mass is 10.1. The van der Waals surface area contributed by atoms with Gasteiger partial charge in [0, 0.05) is 10.6 Å². The molecule has 0 spiro atoms. The van der Waals surface area contributed by atoms with E-state index >= 15 is 0 Å². The van der Waals surface area contributed by atoms with E-state index in [9.17, 15) is 13.2 Å². The standard InChI is InChI=1S/C27H24ClN3O3S/c1-19-10-13-24(14-11-19)35(33,34)31(26-15-12-23(28)16-20(26)2)18-27(32)30-29-17-22-8-5-7-21-6-3-4-9-25(21)22/h3-17H,18H2,1-2H3,(H,30,32)/b29-17+. The Bertz CT molecular complexity index is 1510. The molecule has 0 aliphatic rings. The average Bonchev–Trinajstić information content (AvgIpc) is 2.83. The molecule has 6 nitrogen and oxygen atoms in total. The van der Waals surface area contributed by atoms with Crippen LogP contribution in [0.25, 0.3) is 10.8 Å². The molecule has 178 valence electrons. The fraction of sp³-hybridized carbons (Fsp3) is 0.111. The molecule has 0 aliphatic heterocycles. The van der Waals surface area contributed by atoms with Gasteiger partial charge in [0.25, 0.3) is 15.9 Å². The topological polar surface area (TPSA) is 78.8 Å². The number of rotatable bonds is 7. The highest BCUT2D eigenvalue weighted by Crippen LogP contribution is 2.29. The number of aryl methyl sites for hydroxylation is 2. The van der Waals surface area contributed by atoms with Gasteiger partial charge < -0.3 is 0 Å². The van der Waals surface area contributed by atoms with Crippen molar-refractivity contribution in [2.75, 3.05) is 10.8 Å². The van der Waals surface area contributed by atoms with Crippen LogP contribution in [-0.4, -0.2) is 27.1 Å². The van der Waals surface area contributed by atoms with Gasteiger partial charge in [-0.2, -0.15) is 5.10 Å². The van der Waals surface area contributed by atoms with Crippen LogP contribution in [-0.2, 0) is 14.8 Å². The van der Waals surface area contributed by atoms with Crippen molar-refractivity contribution in [3.63, 3.8) is 0 Å². The van der Waals surface area contributed by atoms with Crippen LogP contribution >= 0.6 is 11.6 Å². The highest BCUT2D eigenvalue weighted by Gasteiger charge is 2.28. The van der Waals surface area contributed by atoms with Crippen LogP contribution in [0.4, 0.5) is 5.69 Å². The van der Waals surface area contributed by atoms with E-state index in [1.165, 1.54) is 12.1 Å². The quantitative estimate of drug-likeness (QED) is 0.268.